The van der Waals surface area contributed by atoms with Crippen LogP contribution in [0, 0.1) is 11.3 Å². The van der Waals surface area contributed by atoms with Crippen molar-refractivity contribution in [2.75, 3.05) is 0 Å². The quantitative estimate of drug-likeness (QED) is 0.923. The van der Waals surface area contributed by atoms with E-state index in [4.69, 9.17) is 0 Å². The number of nitrogens with one attached hydrogen (secondary N) is 1. The van der Waals surface area contributed by atoms with Gasteiger partial charge >= 0.3 is 0 Å². The average Bonchev–Trinajstić information content (AvgIpc) is 2.49. The molecule has 0 heterocycles. The Labute approximate surface area is 118 Å². The first-order chi connectivity index (χ1) is 9.63. The zero-order chi connectivity index (χ0) is 14.4. The van der Waals surface area contributed by atoms with Gasteiger partial charge in [0.05, 0.1) is 6.07 Å². The number of amides is 1. The van der Waals surface area contributed by atoms with Gasteiger partial charge in [0, 0.05) is 12.0 Å². The zero-order valence-corrected chi connectivity index (χ0v) is 11.3. The number of nitrogens with zero attached hydrogens (tertiary/aromatic N) is 1. The van der Waals surface area contributed by atoms with Crippen LogP contribution in [0.15, 0.2) is 60.7 Å². The number of hydrogen-bond acceptors (Lipinski definition) is 2. The largest absolute Gasteiger partial charge is 0.334 e. The summed E-state index contributed by atoms with van der Waals surface area (Å²) >= 11 is 0. The van der Waals surface area contributed by atoms with E-state index in [2.05, 4.69) is 11.4 Å². The summed E-state index contributed by atoms with van der Waals surface area (Å²) in [5, 5.41) is 12.2. The topological polar surface area (TPSA) is 52.9 Å². The van der Waals surface area contributed by atoms with Crippen molar-refractivity contribution in [3.8, 4) is 6.07 Å². The zero-order valence-electron chi connectivity index (χ0n) is 11.3. The van der Waals surface area contributed by atoms with Crippen molar-refractivity contribution < 1.29 is 4.79 Å². The molecule has 0 aliphatic heterocycles. The molecule has 0 radical (unpaired) electrons. The van der Waals surface area contributed by atoms with E-state index in [9.17, 15) is 10.1 Å². The maximum Gasteiger partial charge on any atom is 0.252 e. The highest BCUT2D eigenvalue weighted by atomic mass is 16.1. The van der Waals surface area contributed by atoms with Crippen molar-refractivity contribution in [1.29, 1.82) is 5.26 Å². The second-order valence-electron chi connectivity index (χ2n) is 4.93. The molecule has 2 aromatic carbocycles. The van der Waals surface area contributed by atoms with E-state index in [1.54, 1.807) is 31.2 Å². The number of carbonyl (C=O) groups excluding carboxylic acids is 1. The minimum Gasteiger partial charge on any atom is -0.334 e. The highest BCUT2D eigenvalue weighted by Gasteiger charge is 2.26. The molecule has 0 bridgehead atoms. The van der Waals surface area contributed by atoms with Crippen molar-refractivity contribution in [3.63, 3.8) is 0 Å². The Morgan fingerprint density at radius 3 is 2.20 bits per heavy atom. The molecule has 0 fully saturated rings. The molecule has 0 saturated heterocycles. The predicted molar refractivity (Wildman–Crippen MR) is 78.1 cm³/mol. The minimum absolute atomic E-state index is 0.231. The predicted octanol–water partition coefficient (Wildman–Crippen LogP) is 2.94. The lowest BCUT2D eigenvalue weighted by molar-refractivity contribution is 0.0924. The molecule has 1 N–H and O–H groups in total. The Kier molecular flexibility index (Phi) is 4.17. The van der Waals surface area contributed by atoms with Gasteiger partial charge in [-0.15, -0.1) is 0 Å². The minimum atomic E-state index is -0.922. The van der Waals surface area contributed by atoms with Crippen LogP contribution in [0.3, 0.4) is 0 Å². The molecule has 2 rings (SSSR count). The lowest BCUT2D eigenvalue weighted by Gasteiger charge is -2.23. The van der Waals surface area contributed by atoms with E-state index in [1.807, 2.05) is 36.4 Å². The average molecular weight is 264 g/mol. The molecule has 0 spiro atoms. The Hall–Kier alpha value is -2.60. The SMILES string of the molecule is CC(C#N)(Cc1ccccc1)NC(=O)c1ccccc1. The van der Waals surface area contributed by atoms with Crippen molar-refractivity contribution >= 4 is 5.91 Å². The Morgan fingerprint density at radius 2 is 1.65 bits per heavy atom. The van der Waals surface area contributed by atoms with E-state index >= 15 is 0 Å². The number of benzene rings is 2. The van der Waals surface area contributed by atoms with Gasteiger partial charge < -0.3 is 5.32 Å². The van der Waals surface area contributed by atoms with Gasteiger partial charge in [0.15, 0.2) is 0 Å². The molecule has 1 unspecified atom stereocenters. The molecule has 0 aliphatic rings. The van der Waals surface area contributed by atoms with Crippen molar-refractivity contribution in [2.45, 2.75) is 18.9 Å². The summed E-state index contributed by atoms with van der Waals surface area (Å²) in [4.78, 5) is 12.1. The normalized spacial score (nSPS) is 13.0. The van der Waals surface area contributed by atoms with Crippen molar-refractivity contribution in [3.05, 3.63) is 71.8 Å². The highest BCUT2D eigenvalue weighted by Crippen LogP contribution is 2.13. The maximum atomic E-state index is 12.1. The van der Waals surface area contributed by atoms with Crippen LogP contribution in [-0.4, -0.2) is 11.4 Å². The van der Waals surface area contributed by atoms with E-state index < -0.39 is 5.54 Å². The molecule has 100 valence electrons. The van der Waals surface area contributed by atoms with Crippen LogP contribution >= 0.6 is 0 Å². The molecule has 2 aromatic rings. The van der Waals surface area contributed by atoms with Gasteiger partial charge in [0.25, 0.3) is 5.91 Å². The highest BCUT2D eigenvalue weighted by molar-refractivity contribution is 5.94. The summed E-state index contributed by atoms with van der Waals surface area (Å²) in [7, 11) is 0. The summed E-state index contributed by atoms with van der Waals surface area (Å²) in [6.45, 7) is 1.74. The van der Waals surface area contributed by atoms with Crippen LogP contribution in [0.5, 0.6) is 0 Å². The van der Waals surface area contributed by atoms with Gasteiger partial charge in [-0.1, -0.05) is 48.5 Å². The molecule has 3 heteroatoms. The lowest BCUT2D eigenvalue weighted by Crippen LogP contribution is -2.46. The van der Waals surface area contributed by atoms with Crippen LogP contribution in [0.1, 0.15) is 22.8 Å². The Balaban J connectivity index is 2.12. The van der Waals surface area contributed by atoms with Crippen LogP contribution in [0.4, 0.5) is 0 Å². The second kappa shape index (κ2) is 6.03. The summed E-state index contributed by atoms with van der Waals surface area (Å²) in [6, 6.07) is 20.8. The third-order valence-electron chi connectivity index (χ3n) is 3.07. The molecular weight excluding hydrogens is 248 g/mol. The number of nitriles is 1. The smallest absolute Gasteiger partial charge is 0.252 e. The number of hydrogen-bond donors (Lipinski definition) is 1. The fourth-order valence-corrected chi connectivity index (χ4v) is 2.03. The van der Waals surface area contributed by atoms with Gasteiger partial charge in [0.2, 0.25) is 0 Å². The molecule has 0 aliphatic carbocycles. The summed E-state index contributed by atoms with van der Waals surface area (Å²) in [6.07, 6.45) is 0.475. The van der Waals surface area contributed by atoms with E-state index in [-0.39, 0.29) is 5.91 Å². The molecule has 20 heavy (non-hydrogen) atoms. The first kappa shape index (κ1) is 13.8. The number of rotatable bonds is 4. The Bertz CT molecular complexity index is 616. The Morgan fingerprint density at radius 1 is 1.10 bits per heavy atom. The molecule has 0 saturated carbocycles. The molecule has 1 atom stereocenters. The third kappa shape index (κ3) is 3.46. The van der Waals surface area contributed by atoms with Crippen LogP contribution in [0.25, 0.3) is 0 Å². The summed E-state index contributed by atoms with van der Waals surface area (Å²) in [5.74, 6) is -0.231. The van der Waals surface area contributed by atoms with Gasteiger partial charge in [-0.2, -0.15) is 5.26 Å². The summed E-state index contributed by atoms with van der Waals surface area (Å²) in [5.41, 5.74) is 0.654. The molecule has 1 amide bonds. The first-order valence-electron chi connectivity index (χ1n) is 6.46. The monoisotopic (exact) mass is 264 g/mol. The van der Waals surface area contributed by atoms with Crippen molar-refractivity contribution in [2.24, 2.45) is 0 Å². The standard InChI is InChI=1S/C17H16N2O/c1-17(13-18,12-14-8-4-2-5-9-14)19-16(20)15-10-6-3-7-11-15/h2-11H,12H2,1H3,(H,19,20). The van der Waals surface area contributed by atoms with Crippen LogP contribution < -0.4 is 5.32 Å². The number of carbonyl (C=O) groups is 1. The van der Waals surface area contributed by atoms with E-state index in [0.717, 1.165) is 5.56 Å². The molecule has 0 aromatic heterocycles. The maximum absolute atomic E-state index is 12.1. The fraction of sp³-hybridized carbons (Fsp3) is 0.176. The first-order valence-corrected chi connectivity index (χ1v) is 6.46. The van der Waals surface area contributed by atoms with Crippen LogP contribution in [0.2, 0.25) is 0 Å². The molecular formula is C17H16N2O. The summed E-state index contributed by atoms with van der Waals surface area (Å²) < 4.78 is 0. The van der Waals surface area contributed by atoms with Gasteiger partial charge in [-0.25, -0.2) is 0 Å². The van der Waals surface area contributed by atoms with Gasteiger partial charge in [-0.3, -0.25) is 4.79 Å². The van der Waals surface area contributed by atoms with Gasteiger partial charge in [0.1, 0.15) is 5.54 Å². The van der Waals surface area contributed by atoms with Gasteiger partial charge in [-0.05, 0) is 24.6 Å². The lowest BCUT2D eigenvalue weighted by atomic mass is 9.94. The van der Waals surface area contributed by atoms with Crippen LogP contribution in [-0.2, 0) is 6.42 Å². The second-order valence-corrected chi connectivity index (χ2v) is 4.93. The van der Waals surface area contributed by atoms with Crippen molar-refractivity contribution in [1.82, 2.24) is 5.32 Å². The molecule has 3 nitrogen and oxygen atoms in total. The third-order valence-corrected chi connectivity index (χ3v) is 3.07. The van der Waals surface area contributed by atoms with E-state index in [0.29, 0.717) is 12.0 Å². The fourth-order valence-electron chi connectivity index (χ4n) is 2.03. The van der Waals surface area contributed by atoms with E-state index in [1.165, 1.54) is 0 Å².